The van der Waals surface area contributed by atoms with Gasteiger partial charge >= 0.3 is 0 Å². The summed E-state index contributed by atoms with van der Waals surface area (Å²) < 4.78 is 0. The molecule has 0 aromatic rings. The Morgan fingerprint density at radius 3 is 0.909 bits per heavy atom. The van der Waals surface area contributed by atoms with E-state index in [4.69, 9.17) is 0 Å². The Hall–Kier alpha value is 0.103. The monoisotopic (exact) mass is 238 g/mol. The van der Waals surface area contributed by atoms with Crippen molar-refractivity contribution in [2.45, 2.75) is 34.6 Å². The van der Waals surface area contributed by atoms with Crippen molar-refractivity contribution in [3.8, 4) is 0 Å². The van der Waals surface area contributed by atoms with Gasteiger partial charge in [-0.3, -0.25) is 0 Å². The van der Waals surface area contributed by atoms with Crippen LogP contribution < -0.4 is 0 Å². The molecule has 0 fully saturated rings. The summed E-state index contributed by atoms with van der Waals surface area (Å²) in [7, 11) is 0. The van der Waals surface area contributed by atoms with Gasteiger partial charge in [0.1, 0.15) is 0 Å². The predicted molar refractivity (Wildman–Crippen MR) is 45.7 cm³/mol. The van der Waals surface area contributed by atoms with Crippen LogP contribution in [0.15, 0.2) is 22.3 Å². The molecule has 0 nitrogen and oxygen atoms in total. The van der Waals surface area contributed by atoms with Crippen LogP contribution in [0, 0.1) is 5.92 Å². The fraction of sp³-hybridized carbons (Fsp3) is 0.500. The summed E-state index contributed by atoms with van der Waals surface area (Å²) in [6, 6.07) is 0. The summed E-state index contributed by atoms with van der Waals surface area (Å²) in [4.78, 5) is 0. The largest absolute Gasteiger partial charge is 0.0589 e. The van der Waals surface area contributed by atoms with E-state index in [9.17, 15) is 0 Å². The van der Waals surface area contributed by atoms with Gasteiger partial charge in [-0.25, -0.2) is 0 Å². The summed E-state index contributed by atoms with van der Waals surface area (Å²) in [5.41, 5.74) is 5.87. The van der Waals surface area contributed by atoms with Gasteiger partial charge in [0.25, 0.3) is 0 Å². The van der Waals surface area contributed by atoms with Crippen LogP contribution in [-0.2, 0) is 19.5 Å². The molecule has 1 rings (SSSR count). The molecule has 0 atom stereocenters. The number of rotatable bonds is 0. The van der Waals surface area contributed by atoms with Crippen molar-refractivity contribution >= 4 is 0 Å². The van der Waals surface area contributed by atoms with Crippen LogP contribution >= 0.6 is 0 Å². The fourth-order valence-corrected chi connectivity index (χ4v) is 1.41. The zero-order valence-corrected chi connectivity index (χ0v) is 9.47. The first-order valence-corrected chi connectivity index (χ1v) is 3.75. The molecule has 1 aliphatic rings. The van der Waals surface area contributed by atoms with Crippen LogP contribution in [-0.4, -0.2) is 0 Å². The molecule has 0 saturated carbocycles. The number of allylic oxidation sites excluding steroid dienone is 4. The standard InChI is InChI=1S/C10H15.Rh/c1-6-7(2)9(4)10(5)8(6)3;/h1-5H3;. The Labute approximate surface area is 82.5 Å². The van der Waals surface area contributed by atoms with Crippen LogP contribution in [0.25, 0.3) is 0 Å². The van der Waals surface area contributed by atoms with E-state index >= 15 is 0 Å². The average Bonchev–Trinajstić information content (AvgIpc) is 2.07. The van der Waals surface area contributed by atoms with Crippen molar-refractivity contribution in [1.82, 2.24) is 0 Å². The molecule has 1 aliphatic carbocycles. The first kappa shape index (κ1) is 11.1. The van der Waals surface area contributed by atoms with Crippen molar-refractivity contribution in [1.29, 1.82) is 0 Å². The Bertz CT molecular complexity index is 197. The first-order chi connectivity index (χ1) is 4.55. The Morgan fingerprint density at radius 1 is 0.545 bits per heavy atom. The van der Waals surface area contributed by atoms with E-state index in [2.05, 4.69) is 34.6 Å². The van der Waals surface area contributed by atoms with Crippen LogP contribution in [0.2, 0.25) is 0 Å². The summed E-state index contributed by atoms with van der Waals surface area (Å²) in [5.74, 6) is 1.47. The first-order valence-electron chi connectivity index (χ1n) is 3.75. The maximum absolute atomic E-state index is 2.20. The van der Waals surface area contributed by atoms with Crippen molar-refractivity contribution in [3.63, 3.8) is 0 Å². The van der Waals surface area contributed by atoms with Crippen LogP contribution in [0.3, 0.4) is 0 Å². The molecule has 0 aromatic heterocycles. The van der Waals surface area contributed by atoms with Gasteiger partial charge in [-0.05, 0) is 38.8 Å². The van der Waals surface area contributed by atoms with E-state index in [0.717, 1.165) is 0 Å². The van der Waals surface area contributed by atoms with Crippen molar-refractivity contribution in [3.05, 3.63) is 28.2 Å². The molecular weight excluding hydrogens is 223 g/mol. The quantitative estimate of drug-likeness (QED) is 0.568. The minimum Gasteiger partial charge on any atom is -0.0589 e. The van der Waals surface area contributed by atoms with Crippen molar-refractivity contribution in [2.24, 2.45) is 0 Å². The second kappa shape index (κ2) is 3.67. The maximum Gasteiger partial charge on any atom is 0.0226 e. The number of hydrogen-bond donors (Lipinski definition) is 0. The molecule has 0 N–H and O–H groups in total. The third-order valence-electron chi connectivity index (χ3n) is 2.81. The summed E-state index contributed by atoms with van der Waals surface area (Å²) in [6.45, 7) is 11.0. The Morgan fingerprint density at radius 2 is 0.818 bits per heavy atom. The van der Waals surface area contributed by atoms with E-state index in [-0.39, 0.29) is 19.5 Å². The molecule has 1 heteroatoms. The zero-order chi connectivity index (χ0) is 7.89. The normalized spacial score (nSPS) is 19.4. The molecule has 0 unspecified atom stereocenters. The molecule has 0 spiro atoms. The second-order valence-corrected chi connectivity index (χ2v) is 3.12. The molecular formula is C10H15Rh. The smallest absolute Gasteiger partial charge is 0.0226 e. The van der Waals surface area contributed by atoms with E-state index in [1.165, 1.54) is 28.2 Å². The third-order valence-corrected chi connectivity index (χ3v) is 2.81. The minimum absolute atomic E-state index is 0. The number of hydrogen-bond acceptors (Lipinski definition) is 0. The summed E-state index contributed by atoms with van der Waals surface area (Å²) in [5, 5.41) is 0. The maximum atomic E-state index is 2.20. The van der Waals surface area contributed by atoms with Crippen molar-refractivity contribution < 1.29 is 19.5 Å². The van der Waals surface area contributed by atoms with Gasteiger partial charge in [-0.15, -0.1) is 0 Å². The molecule has 0 heterocycles. The zero-order valence-electron chi connectivity index (χ0n) is 7.83. The molecule has 0 aromatic carbocycles. The van der Waals surface area contributed by atoms with Gasteiger partial charge in [0.2, 0.25) is 0 Å². The van der Waals surface area contributed by atoms with Crippen LogP contribution in [0.4, 0.5) is 0 Å². The SMILES string of the molecule is C[C]1C(C)=C(C)C(C)=C1C.[Rh]. The van der Waals surface area contributed by atoms with Gasteiger partial charge in [0.05, 0.1) is 0 Å². The third kappa shape index (κ3) is 1.64. The van der Waals surface area contributed by atoms with Gasteiger partial charge in [-0.1, -0.05) is 18.1 Å². The fourth-order valence-electron chi connectivity index (χ4n) is 1.41. The minimum atomic E-state index is 0. The van der Waals surface area contributed by atoms with Gasteiger partial charge in [0.15, 0.2) is 0 Å². The topological polar surface area (TPSA) is 0 Å². The van der Waals surface area contributed by atoms with E-state index in [1.807, 2.05) is 0 Å². The molecule has 0 saturated heterocycles. The van der Waals surface area contributed by atoms with E-state index < -0.39 is 0 Å². The van der Waals surface area contributed by atoms with Crippen molar-refractivity contribution in [2.75, 3.05) is 0 Å². The Kier molecular flexibility index (Phi) is 3.70. The van der Waals surface area contributed by atoms with E-state index in [1.54, 1.807) is 0 Å². The Balaban J connectivity index is 0.000001000. The molecule has 11 heavy (non-hydrogen) atoms. The molecule has 0 amide bonds. The van der Waals surface area contributed by atoms with E-state index in [0.29, 0.717) is 0 Å². The predicted octanol–water partition coefficient (Wildman–Crippen LogP) is 3.26. The summed E-state index contributed by atoms with van der Waals surface area (Å²) in [6.07, 6.45) is 0. The van der Waals surface area contributed by atoms with Crippen LogP contribution in [0.1, 0.15) is 34.6 Å². The molecule has 64 valence electrons. The summed E-state index contributed by atoms with van der Waals surface area (Å²) >= 11 is 0. The van der Waals surface area contributed by atoms with Gasteiger partial charge < -0.3 is 0 Å². The van der Waals surface area contributed by atoms with Crippen LogP contribution in [0.5, 0.6) is 0 Å². The molecule has 0 bridgehead atoms. The molecule has 0 aliphatic heterocycles. The molecule has 2 radical (unpaired) electrons. The van der Waals surface area contributed by atoms with Gasteiger partial charge in [0, 0.05) is 25.4 Å². The average molecular weight is 238 g/mol. The van der Waals surface area contributed by atoms with Gasteiger partial charge in [-0.2, -0.15) is 0 Å². The second-order valence-electron chi connectivity index (χ2n) is 3.12.